The van der Waals surface area contributed by atoms with Gasteiger partial charge >= 0.3 is 0 Å². The average Bonchev–Trinajstić information content (AvgIpc) is 3.47. The lowest BCUT2D eigenvalue weighted by Gasteiger charge is -2.13. The number of benzene rings is 2. The number of aryl methyl sites for hydroxylation is 2. The van der Waals surface area contributed by atoms with Gasteiger partial charge in [-0.25, -0.2) is 0 Å². The normalized spacial score (nSPS) is 17.1. The van der Waals surface area contributed by atoms with Gasteiger partial charge in [0.2, 0.25) is 6.73 Å². The highest BCUT2D eigenvalue weighted by Gasteiger charge is 2.30. The Labute approximate surface area is 220 Å². The molecule has 2 aromatic carbocycles. The number of ketones is 1. The summed E-state index contributed by atoms with van der Waals surface area (Å²) in [6, 6.07) is 15.7. The molecule has 6 heteroatoms. The molecular formula is C31H39N2O4+. The van der Waals surface area contributed by atoms with Crippen molar-refractivity contribution in [1.82, 2.24) is 0 Å². The minimum atomic E-state index is -0.548. The second kappa shape index (κ2) is 13.4. The zero-order chi connectivity index (χ0) is 26.0. The number of nitrogens with one attached hydrogen (secondary N) is 1. The predicted octanol–water partition coefficient (Wildman–Crippen LogP) is 4.32. The molecule has 0 spiro atoms. The molecule has 2 heterocycles. The number of phenols is 1. The Bertz CT molecular complexity index is 1150. The minimum Gasteiger partial charge on any atom is -0.504 e. The number of nitrogens with zero attached hydrogens (tertiary/aromatic N) is 1. The molecule has 4 rings (SSSR count). The Balaban J connectivity index is 1.24. The first-order chi connectivity index (χ1) is 18.0. The van der Waals surface area contributed by atoms with Crippen molar-refractivity contribution in [2.24, 2.45) is 4.99 Å². The number of unbranched alkanes of at least 4 members (excludes halogenated alkanes) is 2. The number of Topliss-reactive ketones (excluding diaryl/α,β-unsaturated/α-hetero) is 1. The highest BCUT2D eigenvalue weighted by Crippen LogP contribution is 2.28. The molecule has 0 saturated carbocycles. The van der Waals surface area contributed by atoms with Crippen molar-refractivity contribution in [3.63, 3.8) is 0 Å². The molecular weight excluding hydrogens is 464 g/mol. The van der Waals surface area contributed by atoms with Crippen LogP contribution in [0.3, 0.4) is 0 Å². The van der Waals surface area contributed by atoms with Crippen LogP contribution in [-0.4, -0.2) is 41.1 Å². The standard InChI is InChI=1S/C31H38N2O4/c1-2-3-5-10-26(34)18-27(35)15-12-24-13-16-30(36)31(17-24)37-22-33-20-28-25(19-32-29(28)21-33)14-11-23-8-6-4-7-9-23/h4,6-9,13,16-17,19-20,26,34,36H,2-3,5,10-12,14-15,18,21-22H2,1H3/p+1/t26-/m1/s1. The predicted molar refractivity (Wildman–Crippen MR) is 146 cm³/mol. The molecule has 2 aliphatic heterocycles. The van der Waals surface area contributed by atoms with Crippen LogP contribution in [0.15, 0.2) is 77.1 Å². The van der Waals surface area contributed by atoms with Crippen LogP contribution in [0.2, 0.25) is 0 Å². The maximum Gasteiger partial charge on any atom is 0.227 e. The zero-order valence-electron chi connectivity index (χ0n) is 21.8. The Morgan fingerprint density at radius 2 is 1.92 bits per heavy atom. The summed E-state index contributed by atoms with van der Waals surface area (Å²) in [6.45, 7) is 3.27. The third kappa shape index (κ3) is 7.88. The molecule has 0 bridgehead atoms. The number of aliphatic hydroxyl groups is 1. The number of aliphatic hydroxyl groups excluding tert-OH is 1. The fraction of sp³-hybridized carbons (Fsp3) is 0.419. The van der Waals surface area contributed by atoms with Crippen LogP contribution in [0.1, 0.15) is 63.0 Å². The van der Waals surface area contributed by atoms with E-state index in [-0.39, 0.29) is 18.0 Å². The molecule has 0 aromatic heterocycles. The summed E-state index contributed by atoms with van der Waals surface area (Å²) in [5, 5.41) is 20.4. The number of hydrogen-bond donors (Lipinski definition) is 3. The molecule has 6 nitrogen and oxygen atoms in total. The molecule has 3 N–H and O–H groups in total. The molecule has 0 amide bonds. The number of ether oxygens (including phenoxy) is 1. The van der Waals surface area contributed by atoms with Gasteiger partial charge in [-0.05, 0) is 54.5 Å². The molecule has 0 fully saturated rings. The lowest BCUT2D eigenvalue weighted by Crippen LogP contribution is -3.07. The fourth-order valence-corrected chi connectivity index (χ4v) is 4.86. The van der Waals surface area contributed by atoms with Crippen molar-refractivity contribution in [3.05, 3.63) is 83.2 Å². The van der Waals surface area contributed by atoms with Crippen molar-refractivity contribution in [2.45, 2.75) is 70.8 Å². The van der Waals surface area contributed by atoms with Gasteiger partial charge in [0.1, 0.15) is 24.2 Å². The topological polar surface area (TPSA) is 83.6 Å². The summed E-state index contributed by atoms with van der Waals surface area (Å²) < 4.78 is 5.99. The minimum absolute atomic E-state index is 0.0658. The zero-order valence-corrected chi connectivity index (χ0v) is 21.8. The first kappa shape index (κ1) is 26.8. The molecule has 2 aliphatic rings. The highest BCUT2D eigenvalue weighted by molar-refractivity contribution is 6.07. The molecule has 0 saturated heterocycles. The summed E-state index contributed by atoms with van der Waals surface area (Å²) in [7, 11) is 0. The Kier molecular flexibility index (Phi) is 9.69. The molecule has 1 unspecified atom stereocenters. The average molecular weight is 504 g/mol. The number of quaternary nitrogens is 1. The van der Waals surface area contributed by atoms with Gasteiger partial charge in [-0.3, -0.25) is 14.7 Å². The Morgan fingerprint density at radius 3 is 2.73 bits per heavy atom. The lowest BCUT2D eigenvalue weighted by atomic mass is 9.99. The van der Waals surface area contributed by atoms with Crippen LogP contribution in [0, 0.1) is 0 Å². The third-order valence-corrected chi connectivity index (χ3v) is 7.04. The number of carbonyl (C=O) groups is 1. The maximum atomic E-state index is 12.3. The van der Waals surface area contributed by atoms with E-state index in [2.05, 4.69) is 42.4 Å². The van der Waals surface area contributed by atoms with Gasteiger partial charge in [-0.15, -0.1) is 0 Å². The van der Waals surface area contributed by atoms with Crippen molar-refractivity contribution >= 4 is 11.5 Å². The SMILES string of the molecule is CCCCC[C@@H](O)CC(=O)CCc1ccc(O)c(OC[NH+]2C=C3C(CCc4ccccc4)=CN=C3C2)c1. The van der Waals surface area contributed by atoms with Crippen LogP contribution in [0.4, 0.5) is 0 Å². The second-order valence-corrected chi connectivity index (χ2v) is 10.1. The van der Waals surface area contributed by atoms with Crippen LogP contribution in [0.5, 0.6) is 11.5 Å². The van der Waals surface area contributed by atoms with Gasteiger partial charge in [0, 0.05) is 19.0 Å². The van der Waals surface area contributed by atoms with Gasteiger partial charge in [0.25, 0.3) is 0 Å². The summed E-state index contributed by atoms with van der Waals surface area (Å²) in [5.41, 5.74) is 5.82. The highest BCUT2D eigenvalue weighted by atomic mass is 16.5. The van der Waals surface area contributed by atoms with Crippen molar-refractivity contribution in [1.29, 1.82) is 0 Å². The molecule has 37 heavy (non-hydrogen) atoms. The molecule has 0 aliphatic carbocycles. The van der Waals surface area contributed by atoms with E-state index in [1.54, 1.807) is 6.07 Å². The van der Waals surface area contributed by atoms with Gasteiger partial charge in [0.15, 0.2) is 11.5 Å². The number of fused-ring (bicyclic) bond motifs is 1. The van der Waals surface area contributed by atoms with Crippen molar-refractivity contribution in [2.75, 3.05) is 13.3 Å². The molecule has 196 valence electrons. The van der Waals surface area contributed by atoms with Crippen molar-refractivity contribution < 1.29 is 24.6 Å². The Morgan fingerprint density at radius 1 is 1.08 bits per heavy atom. The van der Waals surface area contributed by atoms with Crippen LogP contribution in [0.25, 0.3) is 0 Å². The fourth-order valence-electron chi connectivity index (χ4n) is 4.86. The largest absolute Gasteiger partial charge is 0.504 e. The number of carbonyl (C=O) groups excluding carboxylic acids is 1. The number of hydrogen-bond acceptors (Lipinski definition) is 5. The van der Waals surface area contributed by atoms with Gasteiger partial charge < -0.3 is 14.9 Å². The van der Waals surface area contributed by atoms with Gasteiger partial charge in [0.05, 0.1) is 11.7 Å². The summed E-state index contributed by atoms with van der Waals surface area (Å²) in [4.78, 5) is 18.1. The van der Waals surface area contributed by atoms with E-state index in [0.29, 0.717) is 31.7 Å². The van der Waals surface area contributed by atoms with Crippen molar-refractivity contribution in [3.8, 4) is 11.5 Å². The smallest absolute Gasteiger partial charge is 0.227 e. The monoisotopic (exact) mass is 503 g/mol. The van der Waals surface area contributed by atoms with E-state index in [4.69, 9.17) is 4.74 Å². The first-order valence-electron chi connectivity index (χ1n) is 13.5. The van der Waals surface area contributed by atoms with E-state index in [9.17, 15) is 15.0 Å². The van der Waals surface area contributed by atoms with Crippen LogP contribution in [-0.2, 0) is 17.6 Å². The lowest BCUT2D eigenvalue weighted by molar-refractivity contribution is -0.851. The van der Waals surface area contributed by atoms with E-state index < -0.39 is 6.10 Å². The number of phenolic OH excluding ortho intramolecular Hbond substituents is 1. The van der Waals surface area contributed by atoms with E-state index in [0.717, 1.165) is 54.8 Å². The maximum absolute atomic E-state index is 12.3. The van der Waals surface area contributed by atoms with E-state index in [1.807, 2.05) is 24.4 Å². The summed E-state index contributed by atoms with van der Waals surface area (Å²) in [6.07, 6.45) is 10.5. The van der Waals surface area contributed by atoms with E-state index >= 15 is 0 Å². The molecule has 2 aromatic rings. The first-order valence-corrected chi connectivity index (χ1v) is 13.5. The molecule has 0 radical (unpaired) electrons. The summed E-state index contributed by atoms with van der Waals surface area (Å²) >= 11 is 0. The quantitative estimate of drug-likeness (QED) is 0.316. The number of aliphatic imine (C=N–C) groups is 1. The van der Waals surface area contributed by atoms with Gasteiger partial charge in [-0.1, -0.05) is 62.6 Å². The second-order valence-electron chi connectivity index (χ2n) is 10.1. The van der Waals surface area contributed by atoms with Crippen LogP contribution < -0.4 is 9.64 Å². The summed E-state index contributed by atoms with van der Waals surface area (Å²) in [5.74, 6) is 0.582. The number of allylic oxidation sites excluding steroid dienone is 1. The van der Waals surface area contributed by atoms with Crippen LogP contribution >= 0.6 is 0 Å². The number of rotatable bonds is 15. The Hall–Kier alpha value is -3.22. The third-order valence-electron chi connectivity index (χ3n) is 7.04. The van der Waals surface area contributed by atoms with Gasteiger partial charge in [-0.2, -0.15) is 0 Å². The number of aromatic hydroxyl groups is 1. The molecule has 2 atom stereocenters. The van der Waals surface area contributed by atoms with E-state index in [1.165, 1.54) is 16.7 Å².